The molecule has 0 saturated heterocycles. The largest absolute Gasteiger partial charge is 0.393 e. The Hall–Kier alpha value is -2.13. The van der Waals surface area contributed by atoms with Crippen molar-refractivity contribution in [1.29, 1.82) is 0 Å². The average Bonchev–Trinajstić information content (AvgIpc) is 2.40. The highest BCUT2D eigenvalue weighted by atomic mass is 79.9. The molecule has 0 amide bonds. The highest BCUT2D eigenvalue weighted by molar-refractivity contribution is 9.10. The standard InChI is InChI=1S/C12H10BrN3O4S/c13-8-2-1-3-10(6-8)21(19,20)15-9-4-5-11(14)12(7-9)16(17)18/h1-7,15H,14H2. The highest BCUT2D eigenvalue weighted by Crippen LogP contribution is 2.27. The number of nitrogens with two attached hydrogens (primary N) is 1. The van der Waals surface area contributed by atoms with E-state index in [1.54, 1.807) is 12.1 Å². The van der Waals surface area contributed by atoms with E-state index >= 15 is 0 Å². The van der Waals surface area contributed by atoms with Crippen molar-refractivity contribution in [2.75, 3.05) is 10.5 Å². The van der Waals surface area contributed by atoms with Gasteiger partial charge in [-0.2, -0.15) is 0 Å². The lowest BCUT2D eigenvalue weighted by Gasteiger charge is -2.09. The molecule has 0 heterocycles. The molecule has 0 saturated carbocycles. The molecule has 9 heteroatoms. The van der Waals surface area contributed by atoms with Crippen LogP contribution in [-0.2, 0) is 10.0 Å². The van der Waals surface area contributed by atoms with Gasteiger partial charge in [0.1, 0.15) is 5.69 Å². The van der Waals surface area contributed by atoms with Crippen LogP contribution in [0.25, 0.3) is 0 Å². The maximum atomic E-state index is 12.2. The molecule has 0 aromatic heterocycles. The smallest absolute Gasteiger partial charge is 0.294 e. The van der Waals surface area contributed by atoms with E-state index in [0.717, 1.165) is 6.07 Å². The van der Waals surface area contributed by atoms with Gasteiger partial charge in [0.05, 0.1) is 15.5 Å². The van der Waals surface area contributed by atoms with Gasteiger partial charge in [0, 0.05) is 10.5 Å². The van der Waals surface area contributed by atoms with Crippen LogP contribution in [0.3, 0.4) is 0 Å². The molecule has 0 spiro atoms. The maximum Gasteiger partial charge on any atom is 0.294 e. The van der Waals surface area contributed by atoms with Crippen LogP contribution < -0.4 is 10.5 Å². The number of nitro benzene ring substituents is 1. The molecule has 0 fully saturated rings. The Bertz CT molecular complexity index is 808. The van der Waals surface area contributed by atoms with Crippen LogP contribution in [0, 0.1) is 10.1 Å². The minimum Gasteiger partial charge on any atom is -0.393 e. The predicted molar refractivity (Wildman–Crippen MR) is 82.5 cm³/mol. The van der Waals surface area contributed by atoms with E-state index in [9.17, 15) is 18.5 Å². The molecule has 0 bridgehead atoms. The van der Waals surface area contributed by atoms with Crippen LogP contribution >= 0.6 is 15.9 Å². The number of sulfonamides is 1. The summed E-state index contributed by atoms with van der Waals surface area (Å²) in [6, 6.07) is 9.81. The van der Waals surface area contributed by atoms with Crippen molar-refractivity contribution in [1.82, 2.24) is 0 Å². The van der Waals surface area contributed by atoms with E-state index in [1.165, 1.54) is 24.3 Å². The van der Waals surface area contributed by atoms with Gasteiger partial charge in [-0.05, 0) is 30.3 Å². The topological polar surface area (TPSA) is 115 Å². The molecule has 0 atom stereocenters. The molecular weight excluding hydrogens is 362 g/mol. The summed E-state index contributed by atoms with van der Waals surface area (Å²) in [5.74, 6) is 0. The van der Waals surface area contributed by atoms with Crippen LogP contribution in [0.15, 0.2) is 51.8 Å². The molecule has 2 aromatic carbocycles. The Balaban J connectivity index is 2.37. The van der Waals surface area contributed by atoms with Crippen molar-refractivity contribution >= 4 is 43.0 Å². The van der Waals surface area contributed by atoms with Gasteiger partial charge in [0.2, 0.25) is 0 Å². The summed E-state index contributed by atoms with van der Waals surface area (Å²) < 4.78 is 27.3. The second-order valence-electron chi connectivity index (χ2n) is 4.09. The zero-order valence-corrected chi connectivity index (χ0v) is 12.9. The molecule has 2 rings (SSSR count). The number of nitrogens with zero attached hydrogens (tertiary/aromatic N) is 1. The zero-order valence-electron chi connectivity index (χ0n) is 10.5. The molecule has 21 heavy (non-hydrogen) atoms. The number of nitrogens with one attached hydrogen (secondary N) is 1. The summed E-state index contributed by atoms with van der Waals surface area (Å²) in [5.41, 5.74) is 5.13. The summed E-state index contributed by atoms with van der Waals surface area (Å²) in [6.45, 7) is 0. The number of hydrogen-bond donors (Lipinski definition) is 2. The molecular formula is C12H10BrN3O4S. The van der Waals surface area contributed by atoms with Crippen LogP contribution in [0.5, 0.6) is 0 Å². The number of anilines is 2. The van der Waals surface area contributed by atoms with Crippen LogP contribution in [0.4, 0.5) is 17.1 Å². The summed E-state index contributed by atoms with van der Waals surface area (Å²) in [7, 11) is -3.83. The second kappa shape index (κ2) is 5.70. The molecule has 110 valence electrons. The Kier molecular flexibility index (Phi) is 4.14. The summed E-state index contributed by atoms with van der Waals surface area (Å²) >= 11 is 3.18. The first-order valence-electron chi connectivity index (χ1n) is 5.62. The normalized spacial score (nSPS) is 11.1. The molecule has 2 aromatic rings. The minimum absolute atomic E-state index is 0.0367. The van der Waals surface area contributed by atoms with E-state index in [1.807, 2.05) is 0 Å². The number of nitro groups is 1. The molecule has 0 radical (unpaired) electrons. The summed E-state index contributed by atoms with van der Waals surface area (Å²) in [5, 5.41) is 10.8. The van der Waals surface area contributed by atoms with Crippen molar-refractivity contribution in [2.24, 2.45) is 0 Å². The maximum absolute atomic E-state index is 12.2. The molecule has 0 aliphatic heterocycles. The fourth-order valence-corrected chi connectivity index (χ4v) is 3.26. The first-order valence-corrected chi connectivity index (χ1v) is 7.89. The average molecular weight is 372 g/mol. The fourth-order valence-electron chi connectivity index (χ4n) is 1.61. The van der Waals surface area contributed by atoms with Gasteiger partial charge < -0.3 is 5.73 Å². The number of nitrogen functional groups attached to an aromatic ring is 1. The quantitative estimate of drug-likeness (QED) is 0.486. The zero-order chi connectivity index (χ0) is 15.6. The third kappa shape index (κ3) is 3.50. The lowest BCUT2D eigenvalue weighted by molar-refractivity contribution is -0.383. The van der Waals surface area contributed by atoms with Gasteiger partial charge in [-0.1, -0.05) is 22.0 Å². The van der Waals surface area contributed by atoms with Gasteiger partial charge in [-0.25, -0.2) is 8.42 Å². The SMILES string of the molecule is Nc1ccc(NS(=O)(=O)c2cccc(Br)c2)cc1[N+](=O)[O-]. The van der Waals surface area contributed by atoms with Gasteiger partial charge in [0.25, 0.3) is 15.7 Å². The van der Waals surface area contributed by atoms with Crippen molar-refractivity contribution in [3.63, 3.8) is 0 Å². The second-order valence-corrected chi connectivity index (χ2v) is 6.69. The predicted octanol–water partition coefficient (Wildman–Crippen LogP) is 2.74. The van der Waals surface area contributed by atoms with E-state index in [2.05, 4.69) is 20.7 Å². The first-order chi connectivity index (χ1) is 9.79. The molecule has 0 unspecified atom stereocenters. The van der Waals surface area contributed by atoms with Crippen molar-refractivity contribution < 1.29 is 13.3 Å². The third-order valence-corrected chi connectivity index (χ3v) is 4.46. The van der Waals surface area contributed by atoms with E-state index in [4.69, 9.17) is 5.73 Å². The lowest BCUT2D eigenvalue weighted by atomic mass is 10.2. The Labute approximate surface area is 129 Å². The van der Waals surface area contributed by atoms with Crippen LogP contribution in [0.2, 0.25) is 0 Å². The van der Waals surface area contributed by atoms with Gasteiger partial charge in [-0.3, -0.25) is 14.8 Å². The van der Waals surface area contributed by atoms with Crippen LogP contribution in [-0.4, -0.2) is 13.3 Å². The van der Waals surface area contributed by atoms with Crippen molar-refractivity contribution in [3.05, 3.63) is 57.1 Å². The molecule has 3 N–H and O–H groups in total. The summed E-state index contributed by atoms with van der Waals surface area (Å²) in [4.78, 5) is 10.2. The van der Waals surface area contributed by atoms with Gasteiger partial charge >= 0.3 is 0 Å². The van der Waals surface area contributed by atoms with Crippen molar-refractivity contribution in [3.8, 4) is 0 Å². The van der Waals surface area contributed by atoms with E-state index in [-0.39, 0.29) is 22.0 Å². The Morgan fingerprint density at radius 3 is 2.52 bits per heavy atom. The monoisotopic (exact) mass is 371 g/mol. The molecule has 0 aliphatic carbocycles. The number of hydrogen-bond acceptors (Lipinski definition) is 5. The molecule has 7 nitrogen and oxygen atoms in total. The highest BCUT2D eigenvalue weighted by Gasteiger charge is 2.17. The van der Waals surface area contributed by atoms with E-state index in [0.29, 0.717) is 4.47 Å². The summed E-state index contributed by atoms with van der Waals surface area (Å²) in [6.07, 6.45) is 0. The first kappa shape index (κ1) is 15.3. The van der Waals surface area contributed by atoms with E-state index < -0.39 is 14.9 Å². The van der Waals surface area contributed by atoms with Crippen molar-refractivity contribution in [2.45, 2.75) is 4.90 Å². The molecule has 0 aliphatic rings. The number of halogens is 1. The minimum atomic E-state index is -3.83. The fraction of sp³-hybridized carbons (Fsp3) is 0. The van der Waals surface area contributed by atoms with Gasteiger partial charge in [0.15, 0.2) is 0 Å². The number of benzene rings is 2. The van der Waals surface area contributed by atoms with Gasteiger partial charge in [-0.15, -0.1) is 0 Å². The number of rotatable bonds is 4. The Morgan fingerprint density at radius 1 is 1.19 bits per heavy atom. The third-order valence-electron chi connectivity index (χ3n) is 2.59. The Morgan fingerprint density at radius 2 is 1.90 bits per heavy atom. The van der Waals surface area contributed by atoms with Crippen LogP contribution in [0.1, 0.15) is 0 Å². The lowest BCUT2D eigenvalue weighted by Crippen LogP contribution is -2.13.